The van der Waals surface area contributed by atoms with Crippen LogP contribution in [-0.4, -0.2) is 81.2 Å². The third-order valence-electron chi connectivity index (χ3n) is 7.81. The first-order valence-corrected chi connectivity index (χ1v) is 15.6. The first-order valence-electron chi connectivity index (χ1n) is 12.7. The Kier molecular flexibility index (Phi) is 10.8. The van der Waals surface area contributed by atoms with E-state index in [4.69, 9.17) is 4.43 Å². The molecule has 2 rings (SSSR count). The quantitative estimate of drug-likeness (QED) is 0.452. The van der Waals surface area contributed by atoms with Gasteiger partial charge in [0.25, 0.3) is 0 Å². The largest absolute Gasteiger partial charge is 0.415 e. The molecule has 2 fully saturated rings. The lowest BCUT2D eigenvalue weighted by molar-refractivity contribution is 0.155. The van der Waals surface area contributed by atoms with E-state index >= 15 is 0 Å². The van der Waals surface area contributed by atoms with Gasteiger partial charge in [-0.3, -0.25) is 4.90 Å². The first-order chi connectivity index (χ1) is 14.6. The Morgan fingerprint density at radius 2 is 1.84 bits per heavy atom. The fraction of sp³-hybridized carbons (Fsp3) is 0.958. The van der Waals surface area contributed by atoms with E-state index in [1.165, 1.54) is 44.9 Å². The highest BCUT2D eigenvalue weighted by molar-refractivity contribution is 6.74. The molecule has 2 aliphatic rings. The van der Waals surface area contributed by atoms with E-state index in [-0.39, 0.29) is 17.7 Å². The van der Waals surface area contributed by atoms with Crippen LogP contribution < -0.4 is 5.32 Å². The van der Waals surface area contributed by atoms with Crippen LogP contribution in [0.2, 0.25) is 18.1 Å². The van der Waals surface area contributed by atoms with Gasteiger partial charge < -0.3 is 19.7 Å². The standard InChI is InChI=1S/C24H49N3O3Si/c1-24(2,3)31(4,5)30-20-22-12-9-15-26(22)17-14-25-23(29)27(18-19-28)16-13-21-10-7-6-8-11-21/h21-22,28H,6-20H2,1-5H3,(H,25,29)/t22-/m0/s1. The minimum absolute atomic E-state index is 0.0249. The van der Waals surface area contributed by atoms with Crippen LogP contribution in [0.5, 0.6) is 0 Å². The minimum atomic E-state index is -1.73. The predicted octanol–water partition coefficient (Wildman–Crippen LogP) is 4.45. The number of carbonyl (C=O) groups is 1. The van der Waals surface area contributed by atoms with Crippen molar-refractivity contribution in [3.63, 3.8) is 0 Å². The molecule has 0 spiro atoms. The van der Waals surface area contributed by atoms with Crippen LogP contribution in [0.15, 0.2) is 0 Å². The average molecular weight is 456 g/mol. The summed E-state index contributed by atoms with van der Waals surface area (Å²) >= 11 is 0. The molecule has 0 aromatic rings. The van der Waals surface area contributed by atoms with E-state index in [1.807, 2.05) is 0 Å². The lowest BCUT2D eigenvalue weighted by Crippen LogP contribution is -2.47. The zero-order chi connectivity index (χ0) is 22.9. The van der Waals surface area contributed by atoms with Crippen molar-refractivity contribution in [3.05, 3.63) is 0 Å². The van der Waals surface area contributed by atoms with Crippen molar-refractivity contribution in [1.82, 2.24) is 15.1 Å². The normalized spacial score (nSPS) is 21.4. The highest BCUT2D eigenvalue weighted by atomic mass is 28.4. The molecule has 1 heterocycles. The summed E-state index contributed by atoms with van der Waals surface area (Å²) in [5, 5.41) is 12.7. The van der Waals surface area contributed by atoms with Gasteiger partial charge in [-0.25, -0.2) is 4.79 Å². The molecule has 182 valence electrons. The van der Waals surface area contributed by atoms with Crippen LogP contribution in [0.25, 0.3) is 0 Å². The lowest BCUT2D eigenvalue weighted by atomic mass is 9.87. The van der Waals surface area contributed by atoms with Crippen LogP contribution in [0.3, 0.4) is 0 Å². The summed E-state index contributed by atoms with van der Waals surface area (Å²) in [6, 6.07) is 0.434. The van der Waals surface area contributed by atoms with E-state index in [2.05, 4.69) is 44.1 Å². The van der Waals surface area contributed by atoms with Gasteiger partial charge in [-0.2, -0.15) is 0 Å². The number of aliphatic hydroxyl groups is 1. The summed E-state index contributed by atoms with van der Waals surface area (Å²) in [5.41, 5.74) is 0. The number of rotatable bonds is 11. The van der Waals surface area contributed by atoms with Crippen molar-refractivity contribution in [1.29, 1.82) is 0 Å². The molecular weight excluding hydrogens is 406 g/mol. The van der Waals surface area contributed by atoms with Gasteiger partial charge in [0.15, 0.2) is 8.32 Å². The van der Waals surface area contributed by atoms with Gasteiger partial charge >= 0.3 is 6.03 Å². The van der Waals surface area contributed by atoms with Gasteiger partial charge in [0.05, 0.1) is 6.61 Å². The average Bonchev–Trinajstić information content (AvgIpc) is 3.17. The molecule has 2 N–H and O–H groups in total. The molecule has 1 aliphatic carbocycles. The molecule has 1 atom stereocenters. The number of amides is 2. The Morgan fingerprint density at radius 3 is 2.48 bits per heavy atom. The van der Waals surface area contributed by atoms with E-state index < -0.39 is 8.32 Å². The number of hydrogen-bond donors (Lipinski definition) is 2. The number of aliphatic hydroxyl groups excluding tert-OH is 1. The maximum atomic E-state index is 12.7. The molecule has 0 bridgehead atoms. The maximum Gasteiger partial charge on any atom is 0.317 e. The Hall–Kier alpha value is -0.633. The maximum absolute atomic E-state index is 12.7. The zero-order valence-corrected chi connectivity index (χ0v) is 21.9. The number of carbonyl (C=O) groups excluding carboxylic acids is 1. The van der Waals surface area contributed by atoms with Crippen molar-refractivity contribution < 1.29 is 14.3 Å². The number of nitrogens with zero attached hydrogens (tertiary/aromatic N) is 2. The molecule has 7 heteroatoms. The zero-order valence-electron chi connectivity index (χ0n) is 20.9. The number of likely N-dealkylation sites (tertiary alicyclic amines) is 1. The molecule has 0 radical (unpaired) electrons. The van der Waals surface area contributed by atoms with Crippen LogP contribution in [0.4, 0.5) is 4.79 Å². The van der Waals surface area contributed by atoms with Gasteiger partial charge in [0.1, 0.15) is 0 Å². The highest BCUT2D eigenvalue weighted by Gasteiger charge is 2.38. The van der Waals surface area contributed by atoms with E-state index in [9.17, 15) is 9.90 Å². The predicted molar refractivity (Wildman–Crippen MR) is 131 cm³/mol. The summed E-state index contributed by atoms with van der Waals surface area (Å²) in [5.74, 6) is 0.744. The minimum Gasteiger partial charge on any atom is -0.415 e. The van der Waals surface area contributed by atoms with E-state index in [0.717, 1.165) is 38.6 Å². The fourth-order valence-corrected chi connectivity index (χ4v) is 5.61. The van der Waals surface area contributed by atoms with Crippen LogP contribution in [-0.2, 0) is 4.43 Å². The molecule has 1 saturated heterocycles. The second-order valence-corrected chi connectivity index (χ2v) is 15.9. The van der Waals surface area contributed by atoms with E-state index in [0.29, 0.717) is 19.1 Å². The van der Waals surface area contributed by atoms with Crippen molar-refractivity contribution in [2.75, 3.05) is 45.9 Å². The highest BCUT2D eigenvalue weighted by Crippen LogP contribution is 2.37. The van der Waals surface area contributed by atoms with Crippen LogP contribution >= 0.6 is 0 Å². The molecule has 2 amide bonds. The first kappa shape index (κ1) is 26.6. The van der Waals surface area contributed by atoms with Crippen molar-refractivity contribution in [2.45, 2.75) is 96.3 Å². The topological polar surface area (TPSA) is 65.0 Å². The molecule has 1 aliphatic heterocycles. The number of urea groups is 1. The molecule has 1 saturated carbocycles. The van der Waals surface area contributed by atoms with E-state index in [1.54, 1.807) is 4.90 Å². The van der Waals surface area contributed by atoms with Crippen LogP contribution in [0.1, 0.15) is 72.1 Å². The number of nitrogens with one attached hydrogen (secondary N) is 1. The Bertz CT molecular complexity index is 533. The second kappa shape index (κ2) is 12.6. The van der Waals surface area contributed by atoms with Crippen molar-refractivity contribution in [3.8, 4) is 0 Å². The van der Waals surface area contributed by atoms with Gasteiger partial charge in [-0.05, 0) is 49.9 Å². The van der Waals surface area contributed by atoms with Crippen molar-refractivity contribution >= 4 is 14.3 Å². The van der Waals surface area contributed by atoms with Gasteiger partial charge in [-0.15, -0.1) is 0 Å². The Balaban J connectivity index is 1.73. The summed E-state index contributed by atoms with van der Waals surface area (Å²) in [6.45, 7) is 16.1. The summed E-state index contributed by atoms with van der Waals surface area (Å²) in [6.07, 6.45) is 10.0. The fourth-order valence-electron chi connectivity index (χ4n) is 4.57. The summed E-state index contributed by atoms with van der Waals surface area (Å²) < 4.78 is 6.47. The third-order valence-corrected chi connectivity index (χ3v) is 12.3. The molecular formula is C24H49N3O3Si. The molecule has 31 heavy (non-hydrogen) atoms. The smallest absolute Gasteiger partial charge is 0.317 e. The Morgan fingerprint density at radius 1 is 1.13 bits per heavy atom. The monoisotopic (exact) mass is 455 g/mol. The number of hydrogen-bond acceptors (Lipinski definition) is 4. The van der Waals surface area contributed by atoms with Crippen LogP contribution in [0, 0.1) is 5.92 Å². The van der Waals surface area contributed by atoms with Gasteiger partial charge in [0, 0.05) is 38.8 Å². The molecule has 0 aromatic carbocycles. The molecule has 0 aromatic heterocycles. The lowest BCUT2D eigenvalue weighted by Gasteiger charge is -2.38. The molecule has 0 unspecified atom stereocenters. The SMILES string of the molecule is CC(C)(C)[Si](C)(C)OC[C@@H]1CCCN1CCNC(=O)N(CCO)CCC1CCCCC1. The summed E-state index contributed by atoms with van der Waals surface area (Å²) in [4.78, 5) is 17.0. The second-order valence-electron chi connectivity index (χ2n) is 11.1. The van der Waals surface area contributed by atoms with Gasteiger partial charge in [-0.1, -0.05) is 52.9 Å². The third kappa shape index (κ3) is 8.67. The molecule has 6 nitrogen and oxygen atoms in total. The summed E-state index contributed by atoms with van der Waals surface area (Å²) in [7, 11) is -1.73. The Labute approximate surface area is 192 Å². The van der Waals surface area contributed by atoms with Gasteiger partial charge in [0.2, 0.25) is 0 Å². The van der Waals surface area contributed by atoms with Crippen molar-refractivity contribution in [2.24, 2.45) is 5.92 Å².